The number of amides is 1. The van der Waals surface area contributed by atoms with Gasteiger partial charge in [-0.3, -0.25) is 25.0 Å². The Hall–Kier alpha value is -4.91. The minimum atomic E-state index is -0.811. The smallest absolute Gasteiger partial charge is 0.318 e. The molecule has 3 aromatic rings. The van der Waals surface area contributed by atoms with Crippen molar-refractivity contribution in [2.24, 2.45) is 5.10 Å². The summed E-state index contributed by atoms with van der Waals surface area (Å²) in [5.41, 5.74) is 2.00. The van der Waals surface area contributed by atoms with Crippen LogP contribution < -0.4 is 24.4 Å². The molecule has 0 bridgehead atoms. The maximum absolute atomic E-state index is 12.6. The lowest BCUT2D eigenvalue weighted by Gasteiger charge is -2.13. The lowest BCUT2D eigenvalue weighted by atomic mass is 10.2. The van der Waals surface area contributed by atoms with Gasteiger partial charge in [-0.25, -0.2) is 5.43 Å². The third-order valence-electron chi connectivity index (χ3n) is 5.00. The van der Waals surface area contributed by atoms with Crippen LogP contribution in [0, 0.1) is 20.2 Å². The summed E-state index contributed by atoms with van der Waals surface area (Å²) in [5, 5.41) is 26.3. The minimum absolute atomic E-state index is 0.00245. The average molecular weight is 559 g/mol. The number of nitrogens with one attached hydrogen (secondary N) is 1. The lowest BCUT2D eigenvalue weighted by molar-refractivity contribution is -0.394. The van der Waals surface area contributed by atoms with Crippen LogP contribution >= 0.6 is 11.6 Å². The molecule has 3 aromatic carbocycles. The topological polar surface area (TPSA) is 165 Å². The standard InChI is InChI=1S/C25H23ClN4O9/c1-4-37-21-8-6-16(12-22(21)38-5-2)25(31)28-27-14-15-10-18(26)24(23(11-15)36-3)39-20-9-7-17(29(32)33)13-19(20)30(34)35/h6-14H,4-5H2,1-3H3,(H,28,31)/b27-14+. The second kappa shape index (κ2) is 13.1. The molecule has 0 aliphatic carbocycles. The number of nitro benzene ring substituents is 2. The average Bonchev–Trinajstić information content (AvgIpc) is 2.91. The molecule has 1 N–H and O–H groups in total. The Morgan fingerprint density at radius 1 is 0.949 bits per heavy atom. The van der Waals surface area contributed by atoms with E-state index in [9.17, 15) is 25.0 Å². The van der Waals surface area contributed by atoms with Gasteiger partial charge in [0, 0.05) is 11.6 Å². The second-order valence-electron chi connectivity index (χ2n) is 7.53. The highest BCUT2D eigenvalue weighted by Crippen LogP contribution is 2.42. The molecule has 0 aliphatic heterocycles. The molecule has 0 spiro atoms. The van der Waals surface area contributed by atoms with Crippen LogP contribution in [0.15, 0.2) is 53.6 Å². The minimum Gasteiger partial charge on any atom is -0.493 e. The summed E-state index contributed by atoms with van der Waals surface area (Å²) < 4.78 is 21.9. The first-order valence-electron chi connectivity index (χ1n) is 11.4. The Kier molecular flexibility index (Phi) is 9.59. The Bertz CT molecular complexity index is 1430. The van der Waals surface area contributed by atoms with Crippen molar-refractivity contribution in [3.8, 4) is 28.7 Å². The van der Waals surface area contributed by atoms with Gasteiger partial charge in [-0.1, -0.05) is 11.6 Å². The summed E-state index contributed by atoms with van der Waals surface area (Å²) in [6, 6.07) is 10.6. The summed E-state index contributed by atoms with van der Waals surface area (Å²) in [6.45, 7) is 4.49. The van der Waals surface area contributed by atoms with E-state index in [-0.39, 0.29) is 22.3 Å². The predicted molar refractivity (Wildman–Crippen MR) is 142 cm³/mol. The zero-order valence-electron chi connectivity index (χ0n) is 21.0. The molecule has 204 valence electrons. The van der Waals surface area contributed by atoms with Gasteiger partial charge >= 0.3 is 5.69 Å². The number of methoxy groups -OCH3 is 1. The number of nitro groups is 2. The number of hydrogen-bond acceptors (Lipinski definition) is 10. The fourth-order valence-electron chi connectivity index (χ4n) is 3.29. The van der Waals surface area contributed by atoms with Crippen molar-refractivity contribution >= 4 is 35.1 Å². The van der Waals surface area contributed by atoms with Crippen molar-refractivity contribution in [3.05, 3.63) is 84.9 Å². The van der Waals surface area contributed by atoms with E-state index in [0.717, 1.165) is 18.2 Å². The van der Waals surface area contributed by atoms with E-state index in [1.54, 1.807) is 18.2 Å². The first-order valence-corrected chi connectivity index (χ1v) is 11.8. The number of benzene rings is 3. The molecule has 0 unspecified atom stereocenters. The number of ether oxygens (including phenoxy) is 4. The number of carbonyl (C=O) groups excluding carboxylic acids is 1. The molecule has 3 rings (SSSR count). The number of nitrogens with zero attached hydrogens (tertiary/aromatic N) is 3. The summed E-state index contributed by atoms with van der Waals surface area (Å²) in [7, 11) is 1.33. The quantitative estimate of drug-likeness (QED) is 0.171. The number of non-ortho nitro benzene ring substituents is 1. The lowest BCUT2D eigenvalue weighted by Crippen LogP contribution is -2.17. The third kappa shape index (κ3) is 7.11. The van der Waals surface area contributed by atoms with Crippen molar-refractivity contribution in [3.63, 3.8) is 0 Å². The molecule has 0 atom stereocenters. The molecular weight excluding hydrogens is 536 g/mol. The van der Waals surface area contributed by atoms with Gasteiger partial charge in [0.25, 0.3) is 11.6 Å². The van der Waals surface area contributed by atoms with Crippen LogP contribution in [-0.2, 0) is 0 Å². The molecule has 0 aromatic heterocycles. The zero-order valence-corrected chi connectivity index (χ0v) is 21.8. The maximum atomic E-state index is 12.6. The normalized spacial score (nSPS) is 10.7. The first-order chi connectivity index (χ1) is 18.7. The van der Waals surface area contributed by atoms with Gasteiger partial charge in [0.15, 0.2) is 23.0 Å². The molecule has 14 heteroatoms. The van der Waals surface area contributed by atoms with Crippen LogP contribution in [0.1, 0.15) is 29.8 Å². The van der Waals surface area contributed by atoms with Crippen molar-refractivity contribution in [2.45, 2.75) is 13.8 Å². The summed E-state index contributed by atoms with van der Waals surface area (Å²) >= 11 is 6.34. The number of hydrazone groups is 1. The molecule has 0 saturated heterocycles. The van der Waals surface area contributed by atoms with Crippen LogP contribution in [0.25, 0.3) is 0 Å². The van der Waals surface area contributed by atoms with Crippen molar-refractivity contribution in [2.75, 3.05) is 20.3 Å². The molecule has 13 nitrogen and oxygen atoms in total. The van der Waals surface area contributed by atoms with E-state index in [2.05, 4.69) is 10.5 Å². The number of hydrogen-bond donors (Lipinski definition) is 1. The first kappa shape index (κ1) is 28.7. The third-order valence-corrected chi connectivity index (χ3v) is 5.28. The van der Waals surface area contributed by atoms with Gasteiger partial charge < -0.3 is 18.9 Å². The van der Waals surface area contributed by atoms with E-state index >= 15 is 0 Å². The van der Waals surface area contributed by atoms with E-state index in [1.165, 1.54) is 25.5 Å². The summed E-state index contributed by atoms with van der Waals surface area (Å²) in [4.78, 5) is 33.4. The highest BCUT2D eigenvalue weighted by Gasteiger charge is 2.23. The van der Waals surface area contributed by atoms with Gasteiger partial charge in [-0.05, 0) is 55.8 Å². The van der Waals surface area contributed by atoms with Crippen LogP contribution in [0.5, 0.6) is 28.7 Å². The van der Waals surface area contributed by atoms with Crippen molar-refractivity contribution < 1.29 is 33.6 Å². The number of halogens is 1. The Morgan fingerprint density at radius 3 is 2.28 bits per heavy atom. The van der Waals surface area contributed by atoms with E-state index < -0.39 is 27.1 Å². The highest BCUT2D eigenvalue weighted by atomic mass is 35.5. The summed E-state index contributed by atoms with van der Waals surface area (Å²) in [5.74, 6) is 0.199. The van der Waals surface area contributed by atoms with Crippen LogP contribution in [-0.4, -0.2) is 42.3 Å². The number of carbonyl (C=O) groups is 1. The van der Waals surface area contributed by atoms with Gasteiger partial charge in [-0.15, -0.1) is 0 Å². The van der Waals surface area contributed by atoms with Gasteiger partial charge in [0.1, 0.15) is 0 Å². The Balaban J connectivity index is 1.80. The van der Waals surface area contributed by atoms with Crippen molar-refractivity contribution in [1.29, 1.82) is 0 Å². The zero-order chi connectivity index (χ0) is 28.5. The summed E-state index contributed by atoms with van der Waals surface area (Å²) in [6.07, 6.45) is 1.31. The largest absolute Gasteiger partial charge is 0.493 e. The van der Waals surface area contributed by atoms with Crippen LogP contribution in [0.3, 0.4) is 0 Å². The van der Waals surface area contributed by atoms with E-state index in [4.69, 9.17) is 30.5 Å². The fraction of sp³-hybridized carbons (Fsp3) is 0.200. The molecule has 0 aliphatic rings. The van der Waals surface area contributed by atoms with Gasteiger partial charge in [0.05, 0.1) is 47.5 Å². The highest BCUT2D eigenvalue weighted by molar-refractivity contribution is 6.32. The van der Waals surface area contributed by atoms with E-state index in [1.807, 2.05) is 13.8 Å². The van der Waals surface area contributed by atoms with Gasteiger partial charge in [0.2, 0.25) is 5.75 Å². The number of rotatable bonds is 12. The fourth-order valence-corrected chi connectivity index (χ4v) is 3.55. The second-order valence-corrected chi connectivity index (χ2v) is 7.94. The monoisotopic (exact) mass is 558 g/mol. The SMILES string of the molecule is CCOc1ccc(C(=O)N/N=C/c2cc(Cl)c(Oc3ccc([N+](=O)[O-])cc3[N+](=O)[O-])c(OC)c2)cc1OCC. The van der Waals surface area contributed by atoms with Gasteiger partial charge in [-0.2, -0.15) is 5.10 Å². The van der Waals surface area contributed by atoms with E-state index in [0.29, 0.717) is 35.8 Å². The molecule has 0 saturated carbocycles. The molecule has 1 amide bonds. The molecule has 0 heterocycles. The molecular formula is C25H23ClN4O9. The maximum Gasteiger partial charge on any atom is 0.318 e. The van der Waals surface area contributed by atoms with Crippen LogP contribution in [0.4, 0.5) is 11.4 Å². The molecule has 0 radical (unpaired) electrons. The Morgan fingerprint density at radius 2 is 1.64 bits per heavy atom. The van der Waals surface area contributed by atoms with Crippen molar-refractivity contribution in [1.82, 2.24) is 5.43 Å². The predicted octanol–water partition coefficient (Wildman–Crippen LogP) is 5.52. The Labute approximate surface area is 227 Å². The molecule has 0 fully saturated rings. The van der Waals surface area contributed by atoms with Crippen LogP contribution in [0.2, 0.25) is 5.02 Å². The molecule has 39 heavy (non-hydrogen) atoms.